The van der Waals surface area contributed by atoms with Crippen LogP contribution in [0.25, 0.3) is 0 Å². The highest BCUT2D eigenvalue weighted by Crippen LogP contribution is 2.22. The first-order chi connectivity index (χ1) is 8.45. The highest BCUT2D eigenvalue weighted by atomic mass is 35.5. The van der Waals surface area contributed by atoms with Crippen molar-refractivity contribution in [2.45, 2.75) is 19.9 Å². The van der Waals surface area contributed by atoms with Crippen LogP contribution in [-0.4, -0.2) is 43.6 Å². The monoisotopic (exact) mass is 286 g/mol. The van der Waals surface area contributed by atoms with E-state index in [2.05, 4.69) is 11.8 Å². The van der Waals surface area contributed by atoms with Crippen molar-refractivity contribution < 1.29 is 9.53 Å². The van der Waals surface area contributed by atoms with Gasteiger partial charge in [0.25, 0.3) is 0 Å². The number of amides is 1. The van der Waals surface area contributed by atoms with Crippen LogP contribution in [0.15, 0.2) is 24.3 Å². The number of benzene rings is 1. The standard InChI is InChI=1S/C14H22N2O2.ClH/c1-6-16(5)14(17)18-13-9-7-8-12(10-13)11(2)15(3)4;/h7-11H,6H2,1-5H3;1H. The van der Waals surface area contributed by atoms with Crippen LogP contribution < -0.4 is 4.74 Å². The lowest BCUT2D eigenvalue weighted by Crippen LogP contribution is -2.29. The van der Waals surface area contributed by atoms with E-state index in [-0.39, 0.29) is 24.5 Å². The molecule has 0 radical (unpaired) electrons. The first-order valence-corrected chi connectivity index (χ1v) is 6.15. The molecule has 1 aromatic rings. The summed E-state index contributed by atoms with van der Waals surface area (Å²) in [6.07, 6.45) is -0.327. The molecule has 108 valence electrons. The molecular formula is C14H23ClN2O2. The van der Waals surface area contributed by atoms with Gasteiger partial charge < -0.3 is 14.5 Å². The maximum Gasteiger partial charge on any atom is 0.414 e. The first kappa shape index (κ1) is 17.7. The number of carbonyl (C=O) groups excluding carboxylic acids is 1. The van der Waals surface area contributed by atoms with Gasteiger partial charge in [-0.25, -0.2) is 4.79 Å². The molecule has 1 unspecified atom stereocenters. The molecular weight excluding hydrogens is 264 g/mol. The fourth-order valence-corrected chi connectivity index (χ4v) is 1.44. The Hall–Kier alpha value is -1.26. The largest absolute Gasteiger partial charge is 0.414 e. The molecule has 0 heterocycles. The van der Waals surface area contributed by atoms with Crippen molar-refractivity contribution in [1.82, 2.24) is 9.80 Å². The Kier molecular flexibility index (Phi) is 7.49. The third kappa shape index (κ3) is 5.09. The van der Waals surface area contributed by atoms with E-state index in [4.69, 9.17) is 4.74 Å². The van der Waals surface area contributed by atoms with E-state index in [1.165, 1.54) is 4.90 Å². The number of hydrogen-bond donors (Lipinski definition) is 0. The second kappa shape index (κ2) is 8.02. The zero-order chi connectivity index (χ0) is 13.7. The Morgan fingerprint density at radius 2 is 1.95 bits per heavy atom. The average Bonchev–Trinajstić information content (AvgIpc) is 2.36. The van der Waals surface area contributed by atoms with Gasteiger partial charge in [-0.1, -0.05) is 12.1 Å². The Balaban J connectivity index is 0.00000324. The molecule has 0 saturated heterocycles. The molecule has 0 bridgehead atoms. The molecule has 4 nitrogen and oxygen atoms in total. The Morgan fingerprint density at radius 3 is 2.47 bits per heavy atom. The van der Waals surface area contributed by atoms with Gasteiger partial charge in [-0.05, 0) is 45.6 Å². The lowest BCUT2D eigenvalue weighted by atomic mass is 10.1. The van der Waals surface area contributed by atoms with Crippen LogP contribution in [0.4, 0.5) is 4.79 Å². The van der Waals surface area contributed by atoms with Crippen LogP contribution >= 0.6 is 12.4 Å². The second-order valence-corrected chi connectivity index (χ2v) is 4.59. The van der Waals surface area contributed by atoms with Gasteiger partial charge in [-0.2, -0.15) is 0 Å². The average molecular weight is 287 g/mol. The highest BCUT2D eigenvalue weighted by Gasteiger charge is 2.12. The van der Waals surface area contributed by atoms with Gasteiger partial charge in [0.05, 0.1) is 0 Å². The lowest BCUT2D eigenvalue weighted by molar-refractivity contribution is 0.165. The van der Waals surface area contributed by atoms with Crippen molar-refractivity contribution in [2.24, 2.45) is 0 Å². The van der Waals surface area contributed by atoms with Crippen LogP contribution in [0.3, 0.4) is 0 Å². The van der Waals surface area contributed by atoms with Gasteiger partial charge in [-0.3, -0.25) is 0 Å². The second-order valence-electron chi connectivity index (χ2n) is 4.59. The van der Waals surface area contributed by atoms with Crippen molar-refractivity contribution in [3.8, 4) is 5.75 Å². The minimum absolute atomic E-state index is 0. The van der Waals surface area contributed by atoms with Gasteiger partial charge >= 0.3 is 6.09 Å². The van der Waals surface area contributed by atoms with Gasteiger partial charge in [0, 0.05) is 19.6 Å². The summed E-state index contributed by atoms with van der Waals surface area (Å²) in [5.74, 6) is 0.589. The molecule has 0 fully saturated rings. The number of hydrogen-bond acceptors (Lipinski definition) is 3. The van der Waals surface area contributed by atoms with E-state index in [0.29, 0.717) is 12.3 Å². The molecule has 0 spiro atoms. The van der Waals surface area contributed by atoms with E-state index in [9.17, 15) is 4.79 Å². The zero-order valence-electron chi connectivity index (χ0n) is 12.2. The Morgan fingerprint density at radius 1 is 1.32 bits per heavy atom. The van der Waals surface area contributed by atoms with Crippen LogP contribution in [-0.2, 0) is 0 Å². The van der Waals surface area contributed by atoms with E-state index in [0.717, 1.165) is 5.56 Å². The number of nitrogens with zero attached hydrogens (tertiary/aromatic N) is 2. The summed E-state index contributed by atoms with van der Waals surface area (Å²) in [7, 11) is 5.76. The molecule has 0 saturated carbocycles. The number of ether oxygens (including phenoxy) is 1. The van der Waals surface area contributed by atoms with Crippen LogP contribution in [0.2, 0.25) is 0 Å². The fourth-order valence-electron chi connectivity index (χ4n) is 1.44. The summed E-state index contributed by atoms with van der Waals surface area (Å²) < 4.78 is 5.31. The molecule has 1 amide bonds. The molecule has 0 aliphatic carbocycles. The van der Waals surface area contributed by atoms with E-state index in [1.807, 2.05) is 39.2 Å². The Bertz CT molecular complexity index is 410. The molecule has 1 aromatic carbocycles. The van der Waals surface area contributed by atoms with Crippen LogP contribution in [0.5, 0.6) is 5.75 Å². The van der Waals surface area contributed by atoms with Gasteiger partial charge in [-0.15, -0.1) is 12.4 Å². The van der Waals surface area contributed by atoms with Crippen molar-refractivity contribution in [1.29, 1.82) is 0 Å². The summed E-state index contributed by atoms with van der Waals surface area (Å²) in [5, 5.41) is 0. The van der Waals surface area contributed by atoms with Gasteiger partial charge in [0.1, 0.15) is 5.75 Å². The quantitative estimate of drug-likeness (QED) is 0.852. The molecule has 19 heavy (non-hydrogen) atoms. The van der Waals surface area contributed by atoms with Gasteiger partial charge in [0.15, 0.2) is 0 Å². The molecule has 0 aliphatic heterocycles. The number of carbonyl (C=O) groups is 1. The molecule has 0 N–H and O–H groups in total. The van der Waals surface area contributed by atoms with E-state index in [1.54, 1.807) is 13.1 Å². The SMILES string of the molecule is CCN(C)C(=O)Oc1cccc(C(C)N(C)C)c1.Cl. The van der Waals surface area contributed by atoms with Crippen LogP contribution in [0, 0.1) is 0 Å². The van der Waals surface area contributed by atoms with E-state index >= 15 is 0 Å². The maximum absolute atomic E-state index is 11.7. The summed E-state index contributed by atoms with van der Waals surface area (Å²) in [4.78, 5) is 15.3. The molecule has 5 heteroatoms. The van der Waals surface area contributed by atoms with Crippen molar-refractivity contribution in [3.05, 3.63) is 29.8 Å². The summed E-state index contributed by atoms with van der Waals surface area (Å²) >= 11 is 0. The molecule has 1 atom stereocenters. The van der Waals surface area contributed by atoms with Gasteiger partial charge in [0.2, 0.25) is 0 Å². The summed E-state index contributed by atoms with van der Waals surface area (Å²) in [5.41, 5.74) is 1.13. The predicted molar refractivity (Wildman–Crippen MR) is 80.1 cm³/mol. The Labute approximate surface area is 121 Å². The smallest absolute Gasteiger partial charge is 0.410 e. The topological polar surface area (TPSA) is 32.8 Å². The molecule has 0 aliphatic rings. The van der Waals surface area contributed by atoms with Crippen molar-refractivity contribution in [3.63, 3.8) is 0 Å². The van der Waals surface area contributed by atoms with E-state index < -0.39 is 0 Å². The first-order valence-electron chi connectivity index (χ1n) is 6.15. The minimum Gasteiger partial charge on any atom is -0.410 e. The third-order valence-corrected chi connectivity index (χ3v) is 3.11. The maximum atomic E-state index is 11.7. The number of rotatable bonds is 4. The molecule has 0 aromatic heterocycles. The highest BCUT2D eigenvalue weighted by molar-refractivity contribution is 5.85. The molecule has 1 rings (SSSR count). The normalized spacial score (nSPS) is 11.7. The lowest BCUT2D eigenvalue weighted by Gasteiger charge is -2.21. The van der Waals surface area contributed by atoms with Crippen LogP contribution in [0.1, 0.15) is 25.5 Å². The number of halogens is 1. The van der Waals surface area contributed by atoms with Crippen molar-refractivity contribution >= 4 is 18.5 Å². The fraction of sp³-hybridized carbons (Fsp3) is 0.500. The van der Waals surface area contributed by atoms with Crippen molar-refractivity contribution in [2.75, 3.05) is 27.7 Å². The summed E-state index contributed by atoms with van der Waals surface area (Å²) in [6, 6.07) is 7.93. The zero-order valence-corrected chi connectivity index (χ0v) is 13.0. The minimum atomic E-state index is -0.327. The predicted octanol–water partition coefficient (Wildman–Crippen LogP) is 3.18. The third-order valence-electron chi connectivity index (χ3n) is 3.11. The summed E-state index contributed by atoms with van der Waals surface area (Å²) in [6.45, 7) is 4.65.